The molecule has 2 atom stereocenters. The van der Waals surface area contributed by atoms with Crippen molar-refractivity contribution in [2.75, 3.05) is 20.2 Å². The number of carbonyl (C=O) groups excluding carboxylic acids is 1. The van der Waals surface area contributed by atoms with Gasteiger partial charge in [-0.2, -0.15) is 0 Å². The van der Waals surface area contributed by atoms with Gasteiger partial charge in [-0.3, -0.25) is 0 Å². The van der Waals surface area contributed by atoms with Crippen molar-refractivity contribution >= 4 is 6.09 Å². The molecule has 1 aromatic rings. The lowest BCUT2D eigenvalue weighted by atomic mass is 9.63. The summed E-state index contributed by atoms with van der Waals surface area (Å²) in [5.74, 6) is 1.09. The number of hydrogen-bond acceptors (Lipinski definition) is 3. The molecule has 1 aliphatic rings. The Labute approximate surface area is 163 Å². The van der Waals surface area contributed by atoms with Crippen molar-refractivity contribution in [2.45, 2.75) is 51.0 Å². The molecule has 0 N–H and O–H groups in total. The molecule has 27 heavy (non-hydrogen) atoms. The van der Waals surface area contributed by atoms with E-state index in [1.54, 1.807) is 7.11 Å². The van der Waals surface area contributed by atoms with E-state index < -0.39 is 5.60 Å². The van der Waals surface area contributed by atoms with Crippen molar-refractivity contribution < 1.29 is 14.3 Å². The Hall–Kier alpha value is -2.23. The van der Waals surface area contributed by atoms with Crippen LogP contribution in [-0.2, 0) is 10.2 Å². The van der Waals surface area contributed by atoms with Gasteiger partial charge in [-0.15, -0.1) is 13.2 Å². The normalized spacial score (nSPS) is 22.8. The monoisotopic (exact) mass is 371 g/mol. The van der Waals surface area contributed by atoms with Crippen LogP contribution in [0.1, 0.15) is 45.6 Å². The number of rotatable bonds is 6. The van der Waals surface area contributed by atoms with E-state index in [9.17, 15) is 4.79 Å². The lowest BCUT2D eigenvalue weighted by Crippen LogP contribution is -2.52. The highest BCUT2D eigenvalue weighted by Gasteiger charge is 2.44. The Kier molecular flexibility index (Phi) is 6.74. The number of hydrogen-bond donors (Lipinski definition) is 0. The van der Waals surface area contributed by atoms with E-state index in [4.69, 9.17) is 9.47 Å². The molecule has 0 saturated carbocycles. The molecule has 148 valence electrons. The summed E-state index contributed by atoms with van der Waals surface area (Å²) in [4.78, 5) is 14.4. The summed E-state index contributed by atoms with van der Waals surface area (Å²) in [6.45, 7) is 15.0. The SMILES string of the molecule is C=CC[C@H]1CN(C(=O)OC(C)(C)C)CC[C@@]1(CC=C)c1cccc(OC)c1. The second kappa shape index (κ2) is 8.64. The minimum absolute atomic E-state index is 0.0943. The van der Waals surface area contributed by atoms with E-state index >= 15 is 0 Å². The van der Waals surface area contributed by atoms with Crippen LogP contribution in [0.25, 0.3) is 0 Å². The summed E-state index contributed by atoms with van der Waals surface area (Å²) >= 11 is 0. The molecule has 0 radical (unpaired) electrons. The van der Waals surface area contributed by atoms with Gasteiger partial charge in [-0.05, 0) is 63.6 Å². The smallest absolute Gasteiger partial charge is 0.410 e. The van der Waals surface area contributed by atoms with Crippen LogP contribution in [0.3, 0.4) is 0 Å². The highest BCUT2D eigenvalue weighted by atomic mass is 16.6. The average Bonchev–Trinajstić information content (AvgIpc) is 2.62. The number of carbonyl (C=O) groups is 1. The number of nitrogens with zero attached hydrogens (tertiary/aromatic N) is 1. The highest BCUT2D eigenvalue weighted by molar-refractivity contribution is 5.68. The molecule has 1 heterocycles. The summed E-state index contributed by atoms with van der Waals surface area (Å²) in [6.07, 6.45) is 6.21. The Morgan fingerprint density at radius 1 is 1.33 bits per heavy atom. The third-order valence-electron chi connectivity index (χ3n) is 5.31. The fourth-order valence-corrected chi connectivity index (χ4v) is 4.02. The van der Waals surface area contributed by atoms with Crippen molar-refractivity contribution in [3.8, 4) is 5.75 Å². The van der Waals surface area contributed by atoms with Crippen molar-refractivity contribution in [2.24, 2.45) is 5.92 Å². The molecule has 2 rings (SSSR count). The van der Waals surface area contributed by atoms with E-state index in [-0.39, 0.29) is 17.4 Å². The zero-order valence-electron chi connectivity index (χ0n) is 17.2. The largest absolute Gasteiger partial charge is 0.497 e. The summed E-state index contributed by atoms with van der Waals surface area (Å²) in [7, 11) is 1.69. The topological polar surface area (TPSA) is 38.8 Å². The van der Waals surface area contributed by atoms with Gasteiger partial charge in [0.1, 0.15) is 11.4 Å². The number of ether oxygens (including phenoxy) is 2. The van der Waals surface area contributed by atoms with Crippen LogP contribution in [0.4, 0.5) is 4.79 Å². The summed E-state index contributed by atoms with van der Waals surface area (Å²) in [6, 6.07) is 8.27. The van der Waals surface area contributed by atoms with Crippen LogP contribution in [-0.4, -0.2) is 36.8 Å². The van der Waals surface area contributed by atoms with Crippen molar-refractivity contribution in [3.05, 3.63) is 55.1 Å². The standard InChI is InChI=1S/C23H33NO3/c1-7-10-19-17-24(21(25)27-22(3,4)5)15-14-23(19,13-8-2)18-11-9-12-20(16-18)26-6/h7-9,11-12,16,19H,1-2,10,13-15,17H2,3-6H3/t19-,23-/m0/s1. The molecule has 0 aromatic heterocycles. The molecule has 4 nitrogen and oxygen atoms in total. The molecule has 1 aliphatic heterocycles. The lowest BCUT2D eigenvalue weighted by Gasteiger charge is -2.48. The van der Waals surface area contributed by atoms with Gasteiger partial charge in [-0.25, -0.2) is 4.79 Å². The lowest BCUT2D eigenvalue weighted by molar-refractivity contribution is 0.00607. The van der Waals surface area contributed by atoms with E-state index in [0.29, 0.717) is 13.1 Å². The maximum Gasteiger partial charge on any atom is 0.410 e. The van der Waals surface area contributed by atoms with Crippen LogP contribution in [0.15, 0.2) is 49.6 Å². The van der Waals surface area contributed by atoms with Crippen LogP contribution >= 0.6 is 0 Å². The first-order chi connectivity index (χ1) is 12.8. The number of likely N-dealkylation sites (tertiary alicyclic amines) is 1. The van der Waals surface area contributed by atoms with Crippen molar-refractivity contribution in [1.82, 2.24) is 4.90 Å². The van der Waals surface area contributed by atoms with Gasteiger partial charge >= 0.3 is 6.09 Å². The maximum atomic E-state index is 12.6. The Morgan fingerprint density at radius 2 is 2.07 bits per heavy atom. The first kappa shape index (κ1) is 21.1. The van der Waals surface area contributed by atoms with Gasteiger partial charge in [0.2, 0.25) is 0 Å². The van der Waals surface area contributed by atoms with E-state index in [2.05, 4.69) is 25.3 Å². The number of allylic oxidation sites excluding steroid dienone is 2. The van der Waals surface area contributed by atoms with Gasteiger partial charge < -0.3 is 14.4 Å². The van der Waals surface area contributed by atoms with E-state index in [1.165, 1.54) is 5.56 Å². The molecule has 1 saturated heterocycles. The Morgan fingerprint density at radius 3 is 2.67 bits per heavy atom. The minimum atomic E-state index is -0.493. The number of benzene rings is 1. The predicted octanol–water partition coefficient (Wildman–Crippen LogP) is 5.34. The van der Waals surface area contributed by atoms with Crippen LogP contribution in [0.2, 0.25) is 0 Å². The van der Waals surface area contributed by atoms with Crippen molar-refractivity contribution in [3.63, 3.8) is 0 Å². The number of piperidine rings is 1. The maximum absolute atomic E-state index is 12.6. The zero-order chi connectivity index (χ0) is 20.1. The van der Waals surface area contributed by atoms with Crippen molar-refractivity contribution in [1.29, 1.82) is 0 Å². The second-order valence-corrected chi connectivity index (χ2v) is 8.28. The first-order valence-corrected chi connectivity index (χ1v) is 9.60. The van der Waals surface area contributed by atoms with Crippen LogP contribution in [0, 0.1) is 5.92 Å². The van der Waals surface area contributed by atoms with Crippen LogP contribution in [0.5, 0.6) is 5.75 Å². The molecule has 0 unspecified atom stereocenters. The van der Waals surface area contributed by atoms with Crippen LogP contribution < -0.4 is 4.74 Å². The van der Waals surface area contributed by atoms with E-state index in [1.807, 2.05) is 50.0 Å². The summed E-state index contributed by atoms with van der Waals surface area (Å²) in [5.41, 5.74) is 0.647. The molecule has 1 fully saturated rings. The quantitative estimate of drug-likeness (QED) is 0.633. The third kappa shape index (κ3) is 4.94. The summed E-state index contributed by atoms with van der Waals surface area (Å²) in [5, 5.41) is 0. The second-order valence-electron chi connectivity index (χ2n) is 8.28. The molecule has 1 aromatic carbocycles. The Balaban J connectivity index is 2.35. The van der Waals surface area contributed by atoms with Gasteiger partial charge in [-0.1, -0.05) is 24.3 Å². The van der Waals surface area contributed by atoms with Gasteiger partial charge in [0.05, 0.1) is 7.11 Å². The predicted molar refractivity (Wildman–Crippen MR) is 110 cm³/mol. The molecular formula is C23H33NO3. The average molecular weight is 372 g/mol. The molecule has 0 spiro atoms. The van der Waals surface area contributed by atoms with Gasteiger partial charge in [0.25, 0.3) is 0 Å². The van der Waals surface area contributed by atoms with Gasteiger partial charge in [0, 0.05) is 18.5 Å². The summed E-state index contributed by atoms with van der Waals surface area (Å²) < 4.78 is 11.0. The fraction of sp³-hybridized carbons (Fsp3) is 0.522. The fourth-order valence-electron chi connectivity index (χ4n) is 4.02. The minimum Gasteiger partial charge on any atom is -0.497 e. The highest BCUT2D eigenvalue weighted by Crippen LogP contribution is 2.45. The third-order valence-corrected chi connectivity index (χ3v) is 5.31. The number of amides is 1. The molecule has 0 aliphatic carbocycles. The molecule has 4 heteroatoms. The Bertz CT molecular complexity index is 676. The molecular weight excluding hydrogens is 338 g/mol. The zero-order valence-corrected chi connectivity index (χ0v) is 17.2. The first-order valence-electron chi connectivity index (χ1n) is 9.60. The van der Waals surface area contributed by atoms with E-state index in [0.717, 1.165) is 25.0 Å². The number of methoxy groups -OCH3 is 1. The van der Waals surface area contributed by atoms with Gasteiger partial charge in [0.15, 0.2) is 0 Å². The molecule has 0 bridgehead atoms. The molecule has 1 amide bonds.